The summed E-state index contributed by atoms with van der Waals surface area (Å²) in [5, 5.41) is 13.5. The number of pyridine rings is 1. The molecule has 0 saturated carbocycles. The van der Waals surface area contributed by atoms with Crippen LogP contribution >= 0.6 is 46.6 Å². The Bertz CT molecular complexity index is 577. The van der Waals surface area contributed by atoms with E-state index in [1.165, 1.54) is 18.0 Å². The molecule has 0 aliphatic heterocycles. The van der Waals surface area contributed by atoms with Gasteiger partial charge in [-0.3, -0.25) is 0 Å². The van der Waals surface area contributed by atoms with Crippen LogP contribution in [0.3, 0.4) is 0 Å². The van der Waals surface area contributed by atoms with Gasteiger partial charge in [0.2, 0.25) is 0 Å². The first-order valence-corrected chi connectivity index (χ1v) is 7.15. The number of benzene rings is 1. The van der Waals surface area contributed by atoms with Gasteiger partial charge in [-0.2, -0.15) is 4.73 Å². The van der Waals surface area contributed by atoms with Crippen molar-refractivity contribution < 1.29 is 4.73 Å². The van der Waals surface area contributed by atoms with Crippen molar-refractivity contribution in [1.29, 1.82) is 0 Å². The second-order valence-corrected chi connectivity index (χ2v) is 5.66. The Labute approximate surface area is 124 Å². The van der Waals surface area contributed by atoms with Gasteiger partial charge in [-0.1, -0.05) is 46.6 Å². The number of halogens is 3. The van der Waals surface area contributed by atoms with Gasteiger partial charge >= 0.3 is 0 Å². The zero-order valence-corrected chi connectivity index (χ0v) is 12.2. The molecule has 2 rings (SSSR count). The van der Waals surface area contributed by atoms with Crippen molar-refractivity contribution in [3.8, 4) is 0 Å². The number of thioether (sulfide) groups is 1. The van der Waals surface area contributed by atoms with Gasteiger partial charge in [0.05, 0.1) is 10.0 Å². The quantitative estimate of drug-likeness (QED) is 0.358. The van der Waals surface area contributed by atoms with Crippen LogP contribution in [0.4, 0.5) is 0 Å². The maximum Gasteiger partial charge on any atom is 0.251 e. The standard InChI is InChI=1S/C12H8Cl3NOS/c13-9-4-5-10(14)12(15)8(9)7-18-11-3-1-2-6-16(11)17/h1-6H,7H2. The van der Waals surface area contributed by atoms with Crippen molar-refractivity contribution in [2.45, 2.75) is 10.8 Å². The Hall–Kier alpha value is -0.610. The first kappa shape index (κ1) is 13.8. The highest BCUT2D eigenvalue weighted by Crippen LogP contribution is 2.35. The van der Waals surface area contributed by atoms with Gasteiger partial charge in [0.15, 0.2) is 6.20 Å². The Morgan fingerprint density at radius 3 is 2.50 bits per heavy atom. The van der Waals surface area contributed by atoms with Crippen molar-refractivity contribution in [2.24, 2.45) is 0 Å². The SMILES string of the molecule is [O-][n+]1ccccc1SCc1c(Cl)ccc(Cl)c1Cl. The van der Waals surface area contributed by atoms with Crippen LogP contribution in [0.1, 0.15) is 5.56 Å². The third-order valence-electron chi connectivity index (χ3n) is 2.29. The van der Waals surface area contributed by atoms with Crippen molar-refractivity contribution >= 4 is 46.6 Å². The van der Waals surface area contributed by atoms with Gasteiger partial charge in [-0.05, 0) is 18.2 Å². The molecule has 0 atom stereocenters. The minimum Gasteiger partial charge on any atom is -0.618 e. The van der Waals surface area contributed by atoms with Crippen LogP contribution in [0.15, 0.2) is 41.6 Å². The van der Waals surface area contributed by atoms with Gasteiger partial charge in [0, 0.05) is 28.5 Å². The van der Waals surface area contributed by atoms with E-state index >= 15 is 0 Å². The largest absolute Gasteiger partial charge is 0.618 e. The fraction of sp³-hybridized carbons (Fsp3) is 0.0833. The first-order valence-electron chi connectivity index (χ1n) is 5.03. The molecule has 0 aliphatic rings. The molecule has 2 nitrogen and oxygen atoms in total. The number of hydrogen-bond donors (Lipinski definition) is 0. The first-order chi connectivity index (χ1) is 8.59. The third kappa shape index (κ3) is 3.04. The topological polar surface area (TPSA) is 26.9 Å². The molecule has 6 heteroatoms. The molecular weight excluding hydrogens is 313 g/mol. The normalized spacial score (nSPS) is 10.6. The highest BCUT2D eigenvalue weighted by atomic mass is 35.5. The molecule has 0 aliphatic carbocycles. The van der Waals surface area contributed by atoms with Crippen molar-refractivity contribution in [1.82, 2.24) is 0 Å². The van der Waals surface area contributed by atoms with Crippen LogP contribution in [0.5, 0.6) is 0 Å². The lowest BCUT2D eigenvalue weighted by atomic mass is 10.2. The van der Waals surface area contributed by atoms with Gasteiger partial charge in [0.1, 0.15) is 0 Å². The van der Waals surface area contributed by atoms with E-state index in [1.807, 2.05) is 0 Å². The lowest BCUT2D eigenvalue weighted by Gasteiger charge is -2.08. The molecule has 94 valence electrons. The smallest absolute Gasteiger partial charge is 0.251 e. The third-order valence-corrected chi connectivity index (χ3v) is 4.53. The Morgan fingerprint density at radius 2 is 1.78 bits per heavy atom. The van der Waals surface area contributed by atoms with Gasteiger partial charge in [-0.25, -0.2) is 0 Å². The van der Waals surface area contributed by atoms with Crippen molar-refractivity contribution in [3.05, 3.63) is 62.4 Å². The average Bonchev–Trinajstić information content (AvgIpc) is 2.36. The Kier molecular flexibility index (Phi) is 4.62. The molecule has 18 heavy (non-hydrogen) atoms. The molecular formula is C12H8Cl3NOS. The number of hydrogen-bond acceptors (Lipinski definition) is 2. The highest BCUT2D eigenvalue weighted by molar-refractivity contribution is 7.98. The molecule has 0 saturated heterocycles. The van der Waals surface area contributed by atoms with E-state index in [0.717, 1.165) is 10.3 Å². The maximum absolute atomic E-state index is 11.5. The predicted molar refractivity (Wildman–Crippen MR) is 76.4 cm³/mol. The molecule has 0 N–H and O–H groups in total. The lowest BCUT2D eigenvalue weighted by molar-refractivity contribution is -0.645. The van der Waals surface area contributed by atoms with Crippen LogP contribution in [0.25, 0.3) is 0 Å². The molecule has 0 fully saturated rings. The molecule has 0 spiro atoms. The van der Waals surface area contributed by atoms with Crippen LogP contribution in [-0.4, -0.2) is 0 Å². The molecule has 0 radical (unpaired) electrons. The Morgan fingerprint density at radius 1 is 1.06 bits per heavy atom. The number of rotatable bonds is 3. The van der Waals surface area contributed by atoms with Crippen molar-refractivity contribution in [2.75, 3.05) is 0 Å². The lowest BCUT2D eigenvalue weighted by Crippen LogP contribution is -2.27. The molecule has 2 aromatic rings. The minimum atomic E-state index is 0.435. The fourth-order valence-electron chi connectivity index (χ4n) is 1.37. The van der Waals surface area contributed by atoms with E-state index < -0.39 is 0 Å². The van der Waals surface area contributed by atoms with E-state index in [1.54, 1.807) is 30.3 Å². The van der Waals surface area contributed by atoms with Gasteiger partial charge in [0.25, 0.3) is 5.03 Å². The molecule has 0 unspecified atom stereocenters. The molecule has 0 amide bonds. The van der Waals surface area contributed by atoms with E-state index in [0.29, 0.717) is 25.8 Å². The molecule has 1 aromatic heterocycles. The summed E-state index contributed by atoms with van der Waals surface area (Å²) in [6.45, 7) is 0. The Balaban J connectivity index is 2.21. The molecule has 0 bridgehead atoms. The van der Waals surface area contributed by atoms with E-state index in [2.05, 4.69) is 0 Å². The highest BCUT2D eigenvalue weighted by Gasteiger charge is 2.12. The average molecular weight is 321 g/mol. The summed E-state index contributed by atoms with van der Waals surface area (Å²) in [6.07, 6.45) is 1.45. The summed E-state index contributed by atoms with van der Waals surface area (Å²) in [5.74, 6) is 0.491. The second-order valence-electron chi connectivity index (χ2n) is 3.48. The number of aromatic nitrogens is 1. The van der Waals surface area contributed by atoms with Gasteiger partial charge in [-0.15, -0.1) is 0 Å². The number of nitrogens with zero attached hydrogens (tertiary/aromatic N) is 1. The summed E-state index contributed by atoms with van der Waals surface area (Å²) in [7, 11) is 0. The summed E-state index contributed by atoms with van der Waals surface area (Å²) >= 11 is 19.4. The maximum atomic E-state index is 11.5. The van der Waals surface area contributed by atoms with Crippen LogP contribution in [-0.2, 0) is 5.75 Å². The van der Waals surface area contributed by atoms with E-state index in [-0.39, 0.29) is 0 Å². The fourth-order valence-corrected chi connectivity index (χ4v) is 3.17. The second kappa shape index (κ2) is 6.02. The van der Waals surface area contributed by atoms with Crippen LogP contribution in [0.2, 0.25) is 15.1 Å². The summed E-state index contributed by atoms with van der Waals surface area (Å²) in [4.78, 5) is 0. The summed E-state index contributed by atoms with van der Waals surface area (Å²) in [6, 6.07) is 8.57. The zero-order valence-electron chi connectivity index (χ0n) is 9.07. The predicted octanol–water partition coefficient (Wildman–Crippen LogP) is 4.57. The monoisotopic (exact) mass is 319 g/mol. The minimum absolute atomic E-state index is 0.435. The van der Waals surface area contributed by atoms with Crippen LogP contribution < -0.4 is 4.73 Å². The van der Waals surface area contributed by atoms with E-state index in [9.17, 15) is 5.21 Å². The summed E-state index contributed by atoms with van der Waals surface area (Å²) < 4.78 is 0.803. The zero-order chi connectivity index (χ0) is 13.1. The van der Waals surface area contributed by atoms with Crippen molar-refractivity contribution in [3.63, 3.8) is 0 Å². The summed E-state index contributed by atoms with van der Waals surface area (Å²) in [5.41, 5.74) is 0.736. The molecule has 1 heterocycles. The van der Waals surface area contributed by atoms with Crippen LogP contribution in [0, 0.1) is 5.21 Å². The van der Waals surface area contributed by atoms with E-state index in [4.69, 9.17) is 34.8 Å². The van der Waals surface area contributed by atoms with Gasteiger partial charge < -0.3 is 5.21 Å². The molecule has 1 aromatic carbocycles.